The van der Waals surface area contributed by atoms with Gasteiger partial charge in [-0.05, 0) is 32.1 Å². The SMILES string of the molecule is CCCOCCC(=O)NC1CCC(C(=O)NCCOCC(=O)C(C)C)CC1.[HH].[HH]. The van der Waals surface area contributed by atoms with Crippen LogP contribution in [0.25, 0.3) is 0 Å². The fourth-order valence-corrected chi connectivity index (χ4v) is 2.94. The zero-order chi connectivity index (χ0) is 20.1. The molecule has 160 valence electrons. The second-order valence-corrected chi connectivity index (χ2v) is 7.44. The summed E-state index contributed by atoms with van der Waals surface area (Å²) in [7, 11) is 0. The van der Waals surface area contributed by atoms with Gasteiger partial charge in [-0.15, -0.1) is 0 Å². The van der Waals surface area contributed by atoms with E-state index in [1.54, 1.807) is 0 Å². The van der Waals surface area contributed by atoms with E-state index in [4.69, 9.17) is 9.47 Å². The molecule has 7 nitrogen and oxygen atoms in total. The minimum atomic E-state index is -0.0286. The lowest BCUT2D eigenvalue weighted by atomic mass is 9.85. The Hall–Kier alpha value is -1.47. The molecule has 1 saturated carbocycles. The van der Waals surface area contributed by atoms with Crippen LogP contribution in [0.2, 0.25) is 0 Å². The molecule has 1 aliphatic carbocycles. The van der Waals surface area contributed by atoms with Crippen LogP contribution in [0, 0.1) is 11.8 Å². The van der Waals surface area contributed by atoms with Crippen LogP contribution in [0.3, 0.4) is 0 Å². The highest BCUT2D eigenvalue weighted by molar-refractivity contribution is 5.81. The first kappa shape index (κ1) is 23.6. The van der Waals surface area contributed by atoms with E-state index in [1.165, 1.54) is 0 Å². The minimum absolute atomic E-state index is 0. The number of amides is 2. The molecule has 0 radical (unpaired) electrons. The standard InChI is InChI=1S/C20H36N2O5.2H2/c1-4-11-26-12-9-19(24)22-17-7-5-16(6-8-17)20(25)21-10-13-27-14-18(23)15(2)3;;/h15-17H,4-14H2,1-3H3,(H,21,25)(H,22,24);2*1H. The van der Waals surface area contributed by atoms with E-state index in [9.17, 15) is 14.4 Å². The Morgan fingerprint density at radius 3 is 2.37 bits per heavy atom. The molecule has 27 heavy (non-hydrogen) atoms. The molecule has 0 aromatic heterocycles. The zero-order valence-corrected chi connectivity index (χ0v) is 17.1. The molecule has 0 aromatic carbocycles. The van der Waals surface area contributed by atoms with Crippen molar-refractivity contribution < 1.29 is 26.7 Å². The minimum Gasteiger partial charge on any atom is -0.381 e. The van der Waals surface area contributed by atoms with E-state index < -0.39 is 0 Å². The number of ketones is 1. The third-order valence-corrected chi connectivity index (χ3v) is 4.72. The topological polar surface area (TPSA) is 93.7 Å². The average molecular weight is 389 g/mol. The monoisotopic (exact) mass is 388 g/mol. The molecule has 0 atom stereocenters. The van der Waals surface area contributed by atoms with E-state index in [0.29, 0.717) is 32.8 Å². The average Bonchev–Trinajstić information content (AvgIpc) is 2.65. The van der Waals surface area contributed by atoms with Crippen molar-refractivity contribution in [2.75, 3.05) is 33.0 Å². The number of ether oxygens (including phenoxy) is 2. The van der Waals surface area contributed by atoms with Crippen molar-refractivity contribution >= 4 is 17.6 Å². The summed E-state index contributed by atoms with van der Waals surface area (Å²) in [4.78, 5) is 35.5. The lowest BCUT2D eigenvalue weighted by Gasteiger charge is -2.28. The maximum absolute atomic E-state index is 12.2. The van der Waals surface area contributed by atoms with Crippen molar-refractivity contribution in [1.82, 2.24) is 10.6 Å². The van der Waals surface area contributed by atoms with Crippen LogP contribution in [0.1, 0.15) is 62.1 Å². The van der Waals surface area contributed by atoms with E-state index in [-0.39, 0.29) is 44.9 Å². The van der Waals surface area contributed by atoms with Crippen molar-refractivity contribution in [3.8, 4) is 0 Å². The molecule has 0 unspecified atom stereocenters. The third kappa shape index (κ3) is 10.4. The molecular formula is C20H40N2O5. The summed E-state index contributed by atoms with van der Waals surface area (Å²) in [6.45, 7) is 7.72. The first-order valence-corrected chi connectivity index (χ1v) is 10.2. The van der Waals surface area contributed by atoms with Gasteiger partial charge in [0, 0.05) is 40.3 Å². The van der Waals surface area contributed by atoms with Crippen molar-refractivity contribution in [2.24, 2.45) is 11.8 Å². The number of hydrogen-bond donors (Lipinski definition) is 2. The second-order valence-electron chi connectivity index (χ2n) is 7.44. The Labute approximate surface area is 165 Å². The van der Waals surface area contributed by atoms with Gasteiger partial charge in [0.15, 0.2) is 5.78 Å². The van der Waals surface area contributed by atoms with E-state index in [1.807, 2.05) is 20.8 Å². The van der Waals surface area contributed by atoms with E-state index in [2.05, 4.69) is 10.6 Å². The Kier molecular flexibility index (Phi) is 11.9. The first-order valence-electron chi connectivity index (χ1n) is 10.2. The van der Waals surface area contributed by atoms with Gasteiger partial charge in [0.05, 0.1) is 13.2 Å². The van der Waals surface area contributed by atoms with Crippen molar-refractivity contribution in [2.45, 2.75) is 65.3 Å². The molecule has 0 saturated heterocycles. The maximum Gasteiger partial charge on any atom is 0.223 e. The highest BCUT2D eigenvalue weighted by atomic mass is 16.5. The fraction of sp³-hybridized carbons (Fsp3) is 0.850. The molecular weight excluding hydrogens is 348 g/mol. The second kappa shape index (κ2) is 13.7. The van der Waals surface area contributed by atoms with Gasteiger partial charge in [-0.2, -0.15) is 0 Å². The molecule has 7 heteroatoms. The van der Waals surface area contributed by atoms with Gasteiger partial charge in [0.2, 0.25) is 11.8 Å². The lowest BCUT2D eigenvalue weighted by molar-refractivity contribution is -0.127. The van der Waals surface area contributed by atoms with Gasteiger partial charge in [0.1, 0.15) is 6.61 Å². The quantitative estimate of drug-likeness (QED) is 0.472. The molecule has 0 spiro atoms. The number of nitrogens with one attached hydrogen (secondary N) is 2. The van der Waals surface area contributed by atoms with Crippen LogP contribution >= 0.6 is 0 Å². The maximum atomic E-state index is 12.2. The van der Waals surface area contributed by atoms with Gasteiger partial charge in [0.25, 0.3) is 0 Å². The Morgan fingerprint density at radius 2 is 1.74 bits per heavy atom. The lowest BCUT2D eigenvalue weighted by Crippen LogP contribution is -2.41. The van der Waals surface area contributed by atoms with Crippen LogP contribution in [-0.4, -0.2) is 56.6 Å². The number of carbonyl (C=O) groups is 3. The number of hydrogen-bond acceptors (Lipinski definition) is 5. The third-order valence-electron chi connectivity index (χ3n) is 4.72. The predicted molar refractivity (Wildman–Crippen MR) is 108 cm³/mol. The Bertz CT molecular complexity index is 470. The Morgan fingerprint density at radius 1 is 1.04 bits per heavy atom. The molecule has 1 fully saturated rings. The molecule has 2 amide bonds. The van der Waals surface area contributed by atoms with Crippen molar-refractivity contribution in [1.29, 1.82) is 0 Å². The van der Waals surface area contributed by atoms with Gasteiger partial charge >= 0.3 is 0 Å². The van der Waals surface area contributed by atoms with Crippen LogP contribution in [0.15, 0.2) is 0 Å². The molecule has 0 aromatic rings. The van der Waals surface area contributed by atoms with Gasteiger partial charge in [-0.25, -0.2) is 0 Å². The first-order chi connectivity index (χ1) is 12.9. The molecule has 0 aliphatic heterocycles. The highest BCUT2D eigenvalue weighted by Crippen LogP contribution is 2.24. The number of carbonyl (C=O) groups excluding carboxylic acids is 3. The van der Waals surface area contributed by atoms with Gasteiger partial charge in [-0.1, -0.05) is 20.8 Å². The molecule has 1 rings (SSSR count). The highest BCUT2D eigenvalue weighted by Gasteiger charge is 2.26. The van der Waals surface area contributed by atoms with Crippen LogP contribution in [-0.2, 0) is 23.9 Å². The summed E-state index contributed by atoms with van der Waals surface area (Å²) in [5.74, 6) is 0.0831. The largest absolute Gasteiger partial charge is 0.381 e. The number of Topliss-reactive ketones (excluding diaryl/α,β-unsaturated/α-hetero) is 1. The van der Waals surface area contributed by atoms with Crippen LogP contribution in [0.5, 0.6) is 0 Å². The Balaban J connectivity index is 0. The normalized spacial score (nSPS) is 19.7. The van der Waals surface area contributed by atoms with E-state index >= 15 is 0 Å². The van der Waals surface area contributed by atoms with Crippen LogP contribution < -0.4 is 10.6 Å². The molecule has 1 aliphatic rings. The summed E-state index contributed by atoms with van der Waals surface area (Å²) in [5, 5.41) is 5.90. The molecule has 0 bridgehead atoms. The molecule has 2 N–H and O–H groups in total. The molecule has 0 heterocycles. The summed E-state index contributed by atoms with van der Waals surface area (Å²) in [6.07, 6.45) is 4.53. The van der Waals surface area contributed by atoms with Crippen molar-refractivity contribution in [3.63, 3.8) is 0 Å². The summed E-state index contributed by atoms with van der Waals surface area (Å²) < 4.78 is 10.6. The summed E-state index contributed by atoms with van der Waals surface area (Å²) >= 11 is 0. The predicted octanol–water partition coefficient (Wildman–Crippen LogP) is 2.33. The zero-order valence-electron chi connectivity index (χ0n) is 17.1. The smallest absolute Gasteiger partial charge is 0.223 e. The number of rotatable bonds is 13. The van der Waals surface area contributed by atoms with Crippen molar-refractivity contribution in [3.05, 3.63) is 0 Å². The summed E-state index contributed by atoms with van der Waals surface area (Å²) in [5.41, 5.74) is 0. The fourth-order valence-electron chi connectivity index (χ4n) is 2.94. The van der Waals surface area contributed by atoms with E-state index in [0.717, 1.165) is 32.1 Å². The van der Waals surface area contributed by atoms with Crippen LogP contribution in [0.4, 0.5) is 0 Å². The summed E-state index contributed by atoms with van der Waals surface area (Å²) in [6, 6.07) is 0.151. The van der Waals surface area contributed by atoms with Gasteiger partial charge in [-0.3, -0.25) is 14.4 Å². The van der Waals surface area contributed by atoms with Gasteiger partial charge < -0.3 is 20.1 Å².